The molecule has 7 nitrogen and oxygen atoms in total. The molecular formula is C24H30N4O3. The molecule has 0 saturated carbocycles. The smallest absolute Gasteiger partial charge is 0.303 e. The average Bonchev–Trinajstić information content (AvgIpc) is 2.80. The van der Waals surface area contributed by atoms with E-state index >= 15 is 0 Å². The van der Waals surface area contributed by atoms with Crippen molar-refractivity contribution in [3.63, 3.8) is 0 Å². The molecule has 2 aromatic rings. The Bertz CT molecular complexity index is 917. The fourth-order valence-corrected chi connectivity index (χ4v) is 4.16. The normalized spacial score (nSPS) is 15.1. The molecule has 7 heteroatoms. The first kappa shape index (κ1) is 22.6. The Balaban J connectivity index is 1.99. The number of hydrogen-bond acceptors (Lipinski definition) is 6. The van der Waals surface area contributed by atoms with E-state index in [1.54, 1.807) is 18.3 Å². The molecule has 0 unspecified atom stereocenters. The summed E-state index contributed by atoms with van der Waals surface area (Å²) in [6.07, 6.45) is 4.34. The van der Waals surface area contributed by atoms with Crippen LogP contribution in [-0.4, -0.2) is 41.9 Å². The molecule has 0 spiro atoms. The van der Waals surface area contributed by atoms with Crippen LogP contribution in [0.25, 0.3) is 0 Å². The molecule has 31 heavy (non-hydrogen) atoms. The lowest BCUT2D eigenvalue weighted by Gasteiger charge is -2.36. The number of nitrogens with zero attached hydrogens (tertiary/aromatic N) is 3. The van der Waals surface area contributed by atoms with Gasteiger partial charge in [-0.15, -0.1) is 0 Å². The summed E-state index contributed by atoms with van der Waals surface area (Å²) in [6, 6.07) is 12.2. The Kier molecular flexibility index (Phi) is 7.85. The number of aliphatic carboxylic acids is 1. The molecule has 2 N–H and O–H groups in total. The molecule has 1 aliphatic heterocycles. The van der Waals surface area contributed by atoms with Gasteiger partial charge in [-0.25, -0.2) is 4.98 Å². The molecule has 1 saturated heterocycles. The topological polar surface area (TPSA) is 98.5 Å². The Morgan fingerprint density at radius 3 is 2.68 bits per heavy atom. The van der Waals surface area contributed by atoms with E-state index in [-0.39, 0.29) is 12.3 Å². The van der Waals surface area contributed by atoms with Crippen LogP contribution in [0.15, 0.2) is 36.5 Å². The van der Waals surface area contributed by atoms with Gasteiger partial charge in [0.15, 0.2) is 0 Å². The molecular weight excluding hydrogens is 392 g/mol. The Morgan fingerprint density at radius 1 is 1.32 bits per heavy atom. The van der Waals surface area contributed by atoms with Crippen LogP contribution in [0, 0.1) is 11.3 Å². The van der Waals surface area contributed by atoms with Crippen LogP contribution < -0.4 is 10.2 Å². The minimum absolute atomic E-state index is 0.0563. The highest BCUT2D eigenvalue weighted by Gasteiger charge is 2.24. The SMILES string of the molecule is CC[C@H](CC(=O)O)c1ccc(N(CC)C2CCOCC2)c(Nc2ccc(C#N)cn2)c1. The maximum Gasteiger partial charge on any atom is 0.303 e. The molecule has 1 aliphatic rings. The summed E-state index contributed by atoms with van der Waals surface area (Å²) in [7, 11) is 0. The minimum Gasteiger partial charge on any atom is -0.481 e. The van der Waals surface area contributed by atoms with Crippen LogP contribution in [0.2, 0.25) is 0 Å². The zero-order valence-electron chi connectivity index (χ0n) is 18.2. The van der Waals surface area contributed by atoms with E-state index in [9.17, 15) is 9.90 Å². The lowest BCUT2D eigenvalue weighted by Crippen LogP contribution is -2.39. The van der Waals surface area contributed by atoms with Gasteiger partial charge < -0.3 is 20.1 Å². The van der Waals surface area contributed by atoms with Gasteiger partial charge in [0, 0.05) is 32.0 Å². The van der Waals surface area contributed by atoms with Gasteiger partial charge in [0.2, 0.25) is 0 Å². The largest absolute Gasteiger partial charge is 0.481 e. The summed E-state index contributed by atoms with van der Waals surface area (Å²) in [5, 5.41) is 21.8. The zero-order valence-corrected chi connectivity index (χ0v) is 18.2. The van der Waals surface area contributed by atoms with Crippen molar-refractivity contribution in [3.05, 3.63) is 47.7 Å². The standard InChI is InChI=1S/C24H30N4O3/c1-3-18(14-24(29)30)19-6-7-22(28(4-2)20-9-11-31-12-10-20)21(13-19)27-23-8-5-17(15-25)16-26-23/h5-8,13,16,18,20H,3-4,9-12,14H2,1-2H3,(H,26,27)(H,29,30)/t18-/m1/s1. The average molecular weight is 423 g/mol. The first-order valence-corrected chi connectivity index (χ1v) is 10.9. The van der Waals surface area contributed by atoms with E-state index in [0.29, 0.717) is 17.4 Å². The summed E-state index contributed by atoms with van der Waals surface area (Å²) in [5.74, 6) is -0.206. The second-order valence-corrected chi connectivity index (χ2v) is 7.78. The number of hydrogen-bond donors (Lipinski definition) is 2. The third kappa shape index (κ3) is 5.74. The van der Waals surface area contributed by atoms with Crippen molar-refractivity contribution in [2.24, 2.45) is 0 Å². The number of carbonyl (C=O) groups is 1. The summed E-state index contributed by atoms with van der Waals surface area (Å²) < 4.78 is 5.55. The summed E-state index contributed by atoms with van der Waals surface area (Å²) in [4.78, 5) is 18.1. The van der Waals surface area contributed by atoms with Crippen molar-refractivity contribution in [1.82, 2.24) is 4.98 Å². The molecule has 1 aromatic carbocycles. The summed E-state index contributed by atoms with van der Waals surface area (Å²) in [6.45, 7) is 6.53. The van der Waals surface area contributed by atoms with Gasteiger partial charge in [-0.2, -0.15) is 5.26 Å². The molecule has 0 radical (unpaired) electrons. The molecule has 1 aromatic heterocycles. The van der Waals surface area contributed by atoms with E-state index in [1.165, 1.54) is 0 Å². The lowest BCUT2D eigenvalue weighted by atomic mass is 9.92. The lowest BCUT2D eigenvalue weighted by molar-refractivity contribution is -0.137. The van der Waals surface area contributed by atoms with Crippen LogP contribution >= 0.6 is 0 Å². The number of nitrogens with one attached hydrogen (secondary N) is 1. The van der Waals surface area contributed by atoms with E-state index < -0.39 is 5.97 Å². The van der Waals surface area contributed by atoms with Gasteiger partial charge in [-0.1, -0.05) is 13.0 Å². The quantitative estimate of drug-likeness (QED) is 0.606. The third-order valence-electron chi connectivity index (χ3n) is 5.84. The maximum absolute atomic E-state index is 11.3. The molecule has 1 fully saturated rings. The summed E-state index contributed by atoms with van der Waals surface area (Å²) >= 11 is 0. The highest BCUT2D eigenvalue weighted by atomic mass is 16.5. The van der Waals surface area contributed by atoms with E-state index in [0.717, 1.165) is 56.0 Å². The number of carboxylic acids is 1. The van der Waals surface area contributed by atoms with Gasteiger partial charge >= 0.3 is 5.97 Å². The Hall–Kier alpha value is -3.11. The monoisotopic (exact) mass is 422 g/mol. The number of ether oxygens (including phenoxy) is 1. The summed E-state index contributed by atoms with van der Waals surface area (Å²) in [5.41, 5.74) is 3.46. The molecule has 0 amide bonds. The Labute approximate surface area is 183 Å². The number of carboxylic acid groups (broad SMARTS) is 1. The maximum atomic E-state index is 11.3. The van der Waals surface area contributed by atoms with E-state index in [1.807, 2.05) is 19.1 Å². The third-order valence-corrected chi connectivity index (χ3v) is 5.84. The van der Waals surface area contributed by atoms with Crippen LogP contribution in [0.1, 0.15) is 56.6 Å². The van der Waals surface area contributed by atoms with Crippen LogP contribution in [0.5, 0.6) is 0 Å². The number of pyridine rings is 1. The van der Waals surface area contributed by atoms with E-state index in [2.05, 4.69) is 34.3 Å². The Morgan fingerprint density at radius 2 is 2.10 bits per heavy atom. The van der Waals surface area contributed by atoms with Crippen molar-refractivity contribution in [1.29, 1.82) is 5.26 Å². The van der Waals surface area contributed by atoms with Crippen molar-refractivity contribution in [2.75, 3.05) is 30.0 Å². The highest BCUT2D eigenvalue weighted by molar-refractivity contribution is 5.76. The number of nitriles is 1. The van der Waals surface area contributed by atoms with Gasteiger partial charge in [-0.05, 0) is 61.9 Å². The van der Waals surface area contributed by atoms with Crippen molar-refractivity contribution in [3.8, 4) is 6.07 Å². The van der Waals surface area contributed by atoms with Crippen molar-refractivity contribution >= 4 is 23.2 Å². The number of benzene rings is 1. The molecule has 3 rings (SSSR count). The van der Waals surface area contributed by atoms with Crippen molar-refractivity contribution in [2.45, 2.75) is 51.5 Å². The van der Waals surface area contributed by atoms with Crippen molar-refractivity contribution < 1.29 is 14.6 Å². The van der Waals surface area contributed by atoms with Gasteiger partial charge in [0.25, 0.3) is 0 Å². The number of aromatic nitrogens is 1. The second-order valence-electron chi connectivity index (χ2n) is 7.78. The van der Waals surface area contributed by atoms with Gasteiger partial charge in [-0.3, -0.25) is 4.79 Å². The molecule has 164 valence electrons. The molecule has 2 heterocycles. The predicted octanol–water partition coefficient (Wildman–Crippen LogP) is 4.67. The van der Waals surface area contributed by atoms with Gasteiger partial charge in [0.1, 0.15) is 11.9 Å². The zero-order chi connectivity index (χ0) is 22.2. The number of rotatable bonds is 9. The molecule has 0 aliphatic carbocycles. The van der Waals surface area contributed by atoms with Crippen LogP contribution in [0.3, 0.4) is 0 Å². The second kappa shape index (κ2) is 10.8. The molecule has 1 atom stereocenters. The fourth-order valence-electron chi connectivity index (χ4n) is 4.16. The molecule has 0 bridgehead atoms. The minimum atomic E-state index is -0.795. The first-order valence-electron chi connectivity index (χ1n) is 10.9. The van der Waals surface area contributed by atoms with Crippen LogP contribution in [-0.2, 0) is 9.53 Å². The fraction of sp³-hybridized carbons (Fsp3) is 0.458. The van der Waals surface area contributed by atoms with Gasteiger partial charge in [0.05, 0.1) is 23.4 Å². The first-order chi connectivity index (χ1) is 15.0. The highest BCUT2D eigenvalue weighted by Crippen LogP contribution is 2.36. The number of anilines is 3. The van der Waals surface area contributed by atoms with E-state index in [4.69, 9.17) is 10.00 Å². The predicted molar refractivity (Wildman–Crippen MR) is 121 cm³/mol. The van der Waals surface area contributed by atoms with Crippen LogP contribution in [0.4, 0.5) is 17.2 Å².